The summed E-state index contributed by atoms with van der Waals surface area (Å²) in [6.45, 7) is 0. The summed E-state index contributed by atoms with van der Waals surface area (Å²) in [5, 5.41) is 0. The van der Waals surface area contributed by atoms with Crippen molar-refractivity contribution in [2.45, 2.75) is 37.8 Å². The summed E-state index contributed by atoms with van der Waals surface area (Å²) in [7, 11) is 9.47. The summed E-state index contributed by atoms with van der Waals surface area (Å²) in [5.41, 5.74) is 1.81. The van der Waals surface area contributed by atoms with Crippen molar-refractivity contribution in [2.75, 3.05) is 0 Å². The van der Waals surface area contributed by atoms with Crippen LogP contribution in [-0.2, 0) is 12.9 Å². The molecule has 4 nitrogen and oxygen atoms in total. The van der Waals surface area contributed by atoms with E-state index in [-0.39, 0.29) is 12.1 Å². The molecule has 0 bridgehead atoms. The number of pyridine rings is 2. The Morgan fingerprint density at radius 3 is 1.64 bits per heavy atom. The first-order valence-corrected chi connectivity index (χ1v) is 10.9. The third-order valence-corrected chi connectivity index (χ3v) is 3.87. The Morgan fingerprint density at radius 1 is 0.840 bits per heavy atom. The van der Waals surface area contributed by atoms with E-state index in [1.807, 2.05) is 48.8 Å². The van der Waals surface area contributed by atoms with E-state index < -0.39 is 0 Å². The van der Waals surface area contributed by atoms with Crippen molar-refractivity contribution >= 4 is 32.7 Å². The minimum absolute atomic E-state index is 0.246. The molecular formula is C18H20Cl2CoN4. The topological polar surface area (TPSA) is 50.5 Å². The van der Waals surface area contributed by atoms with E-state index in [0.717, 1.165) is 24.2 Å². The van der Waals surface area contributed by atoms with E-state index in [9.17, 15) is 0 Å². The molecule has 1 saturated carbocycles. The maximum absolute atomic E-state index is 4.73. The van der Waals surface area contributed by atoms with Gasteiger partial charge in [0, 0.05) is 24.8 Å². The zero-order chi connectivity index (χ0) is 17.7. The predicted octanol–water partition coefficient (Wildman–Crippen LogP) is 4.70. The summed E-state index contributed by atoms with van der Waals surface area (Å²) < 4.78 is 0. The fraction of sp³-hybridized carbons (Fsp3) is 0.333. The fourth-order valence-corrected chi connectivity index (χ4v) is 2.69. The Morgan fingerprint density at radius 2 is 1.28 bits per heavy atom. The van der Waals surface area contributed by atoms with Crippen molar-refractivity contribution in [1.82, 2.24) is 9.97 Å². The molecule has 0 amide bonds. The molecule has 2 aromatic heterocycles. The number of rotatable bonds is 4. The van der Waals surface area contributed by atoms with Gasteiger partial charge >= 0.3 is 33.2 Å². The van der Waals surface area contributed by atoms with Crippen molar-refractivity contribution in [3.8, 4) is 0 Å². The first kappa shape index (κ1) is 20.0. The van der Waals surface area contributed by atoms with Crippen LogP contribution in [0.4, 0.5) is 0 Å². The molecule has 0 N–H and O–H groups in total. The molecule has 1 aliphatic rings. The van der Waals surface area contributed by atoms with Crippen LogP contribution in [0.2, 0.25) is 0 Å². The van der Waals surface area contributed by atoms with E-state index in [0.29, 0.717) is 12.9 Å². The molecule has 0 aromatic carbocycles. The average molecular weight is 422 g/mol. The number of hydrogen-bond donors (Lipinski definition) is 0. The first-order chi connectivity index (χ1) is 12.3. The minimum atomic E-state index is 0.246. The molecule has 0 saturated heterocycles. The van der Waals surface area contributed by atoms with Crippen LogP contribution in [0.5, 0.6) is 0 Å². The third-order valence-electron chi connectivity index (χ3n) is 3.87. The van der Waals surface area contributed by atoms with Crippen LogP contribution in [0.1, 0.15) is 37.1 Å². The van der Waals surface area contributed by atoms with Crippen LogP contribution in [0.3, 0.4) is 0 Å². The number of halogens is 2. The molecule has 3 rings (SSSR count). The van der Waals surface area contributed by atoms with E-state index in [1.165, 1.54) is 12.8 Å². The molecule has 1 fully saturated rings. The predicted molar refractivity (Wildman–Crippen MR) is 101 cm³/mol. The first-order valence-electron chi connectivity index (χ1n) is 8.05. The van der Waals surface area contributed by atoms with Gasteiger partial charge in [-0.25, -0.2) is 0 Å². The zero-order valence-electron chi connectivity index (χ0n) is 13.6. The quantitative estimate of drug-likeness (QED) is 0.671. The van der Waals surface area contributed by atoms with Gasteiger partial charge in [-0.3, -0.25) is 20.0 Å². The van der Waals surface area contributed by atoms with Gasteiger partial charge < -0.3 is 0 Å². The van der Waals surface area contributed by atoms with Gasteiger partial charge in [0.05, 0.1) is 23.5 Å². The number of aromatic nitrogens is 2. The molecule has 7 heteroatoms. The second-order valence-electron chi connectivity index (χ2n) is 5.53. The molecule has 2 atom stereocenters. The van der Waals surface area contributed by atoms with Crippen LogP contribution in [0.15, 0.2) is 58.8 Å². The molecule has 2 heterocycles. The second-order valence-corrected chi connectivity index (χ2v) is 7.25. The Bertz CT molecular complexity index is 595. The Labute approximate surface area is 163 Å². The van der Waals surface area contributed by atoms with Gasteiger partial charge in [0.25, 0.3) is 0 Å². The zero-order valence-corrected chi connectivity index (χ0v) is 16.2. The van der Waals surface area contributed by atoms with Gasteiger partial charge in [0.15, 0.2) is 0 Å². The van der Waals surface area contributed by atoms with Crippen LogP contribution < -0.4 is 0 Å². The molecule has 25 heavy (non-hydrogen) atoms. The monoisotopic (exact) mass is 421 g/mol. The van der Waals surface area contributed by atoms with Crippen LogP contribution in [0.25, 0.3) is 0 Å². The van der Waals surface area contributed by atoms with Gasteiger partial charge in [-0.1, -0.05) is 25.0 Å². The normalized spacial score (nSPS) is 20.6. The van der Waals surface area contributed by atoms with E-state index in [4.69, 9.17) is 30.3 Å². The van der Waals surface area contributed by atoms with Crippen molar-refractivity contribution in [3.05, 3.63) is 60.2 Å². The van der Waals surface area contributed by atoms with Crippen LogP contribution >= 0.6 is 20.3 Å². The van der Waals surface area contributed by atoms with E-state index >= 15 is 0 Å². The van der Waals surface area contributed by atoms with Gasteiger partial charge in [0.1, 0.15) is 0 Å². The van der Waals surface area contributed by atoms with Crippen LogP contribution in [0, 0.1) is 0 Å². The summed E-state index contributed by atoms with van der Waals surface area (Å²) in [6.07, 6.45) is 12.0. The Balaban J connectivity index is 0.000000701. The molecule has 2 aromatic rings. The average Bonchev–Trinajstić information content (AvgIpc) is 2.68. The van der Waals surface area contributed by atoms with Crippen molar-refractivity contribution in [1.29, 1.82) is 0 Å². The Kier molecular flexibility index (Phi) is 9.73. The number of hydrogen-bond acceptors (Lipinski definition) is 4. The maximum atomic E-state index is 4.73. The summed E-state index contributed by atoms with van der Waals surface area (Å²) in [6, 6.07) is 12.2. The Hall–Kier alpha value is -1.27. The number of nitrogens with zero attached hydrogens (tertiary/aromatic N) is 4. The van der Waals surface area contributed by atoms with Gasteiger partial charge in [0.2, 0.25) is 0 Å². The molecule has 0 radical (unpaired) electrons. The molecule has 2 unspecified atom stereocenters. The second kappa shape index (κ2) is 12.1. The number of aliphatic imine (C=N–C) groups is 2. The van der Waals surface area contributed by atoms with E-state index in [1.54, 1.807) is 12.4 Å². The summed E-state index contributed by atoms with van der Waals surface area (Å²) in [5.74, 6) is 0. The van der Waals surface area contributed by atoms with Gasteiger partial charge in [-0.2, -0.15) is 0 Å². The third kappa shape index (κ3) is 7.65. The molecular weight excluding hydrogens is 402 g/mol. The van der Waals surface area contributed by atoms with Crippen LogP contribution in [-0.4, -0.2) is 34.5 Å². The van der Waals surface area contributed by atoms with Crippen molar-refractivity contribution in [2.24, 2.45) is 9.98 Å². The summed E-state index contributed by atoms with van der Waals surface area (Å²) in [4.78, 5) is 18.0. The van der Waals surface area contributed by atoms with E-state index in [2.05, 4.69) is 9.97 Å². The summed E-state index contributed by atoms with van der Waals surface area (Å²) >= 11 is 0.382. The molecule has 135 valence electrons. The molecule has 1 aliphatic carbocycles. The van der Waals surface area contributed by atoms with Crippen molar-refractivity contribution < 1.29 is 12.9 Å². The fourth-order valence-electron chi connectivity index (χ4n) is 2.69. The SMILES string of the molecule is C(=NC1CCCCC1N=Cc1ccccn1)c1ccccn1.[Cl][Co][Cl]. The van der Waals surface area contributed by atoms with Crippen molar-refractivity contribution in [3.63, 3.8) is 0 Å². The van der Waals surface area contributed by atoms with Gasteiger partial charge in [-0.05, 0) is 37.1 Å². The standard InChI is InChI=1S/C18H20N4.2ClH.Co/c1-2-10-18(22-14-16-8-4-6-12-20-16)17(9-1)21-13-15-7-3-5-11-19-15;;;/h3-8,11-14,17-18H,1-2,9-10H2;2*1H;/q;;;+2/p-2. The molecule has 0 aliphatic heterocycles. The molecule has 0 spiro atoms. The van der Waals surface area contributed by atoms with Gasteiger partial charge in [-0.15, -0.1) is 0 Å².